The average molecular weight is 538 g/mol. The fraction of sp³-hybridized carbons (Fsp3) is 0.542. The molecule has 3 N–H and O–H groups in total. The number of alkyl halides is 5. The lowest BCUT2D eigenvalue weighted by Gasteiger charge is -2.25. The van der Waals surface area contributed by atoms with Crippen molar-refractivity contribution in [1.29, 1.82) is 0 Å². The first-order chi connectivity index (χ1) is 16.6. The summed E-state index contributed by atoms with van der Waals surface area (Å²) in [4.78, 5) is 16.4. The predicted octanol–water partition coefficient (Wildman–Crippen LogP) is 4.64. The number of aromatic amines is 1. The molecular weight excluding hydrogens is 509 g/mol. The Morgan fingerprint density at radius 2 is 1.69 bits per heavy atom. The van der Waals surface area contributed by atoms with Gasteiger partial charge in [0.25, 0.3) is 0 Å². The molecule has 0 bridgehead atoms. The first-order valence-corrected chi connectivity index (χ1v) is 11.9. The lowest BCUT2D eigenvalue weighted by Crippen LogP contribution is -2.40. The van der Waals surface area contributed by atoms with Crippen molar-refractivity contribution < 1.29 is 32.2 Å². The van der Waals surface area contributed by atoms with Gasteiger partial charge in [-0.05, 0) is 57.9 Å². The van der Waals surface area contributed by atoms with Gasteiger partial charge < -0.3 is 19.8 Å². The number of aryl methyl sites for hydroxylation is 1. The molecule has 0 saturated carbocycles. The maximum atomic E-state index is 14.1. The summed E-state index contributed by atoms with van der Waals surface area (Å²) >= 11 is 6.36. The van der Waals surface area contributed by atoms with Crippen LogP contribution in [0.1, 0.15) is 31.5 Å². The molecule has 1 aromatic carbocycles. The van der Waals surface area contributed by atoms with Crippen molar-refractivity contribution in [2.45, 2.75) is 64.5 Å². The molecule has 2 heterocycles. The van der Waals surface area contributed by atoms with Crippen LogP contribution in [-0.4, -0.2) is 68.6 Å². The van der Waals surface area contributed by atoms with Crippen LogP contribution in [0.25, 0.3) is 21.8 Å². The quantitative estimate of drug-likeness (QED) is 0.329. The fourth-order valence-electron chi connectivity index (χ4n) is 4.64. The summed E-state index contributed by atoms with van der Waals surface area (Å²) in [5.74, 6) is -4.96. The third-order valence-corrected chi connectivity index (χ3v) is 6.39. The molecule has 2 aromatic heterocycles. The van der Waals surface area contributed by atoms with E-state index in [4.69, 9.17) is 11.6 Å². The molecule has 6 nitrogen and oxygen atoms in total. The molecule has 0 aliphatic heterocycles. The largest absolute Gasteiger partial charge is 0.455 e. The van der Waals surface area contributed by atoms with Gasteiger partial charge in [-0.15, -0.1) is 0 Å². The van der Waals surface area contributed by atoms with E-state index < -0.39 is 36.4 Å². The predicted molar refractivity (Wildman–Crippen MR) is 129 cm³/mol. The number of benzene rings is 1. The maximum absolute atomic E-state index is 14.1. The molecule has 0 saturated heterocycles. The fourth-order valence-corrected chi connectivity index (χ4v) is 4.93. The maximum Gasteiger partial charge on any atom is 0.455 e. The summed E-state index contributed by atoms with van der Waals surface area (Å²) in [5.41, 5.74) is 0.793. The second-order valence-corrected chi connectivity index (χ2v) is 9.68. The molecule has 0 amide bonds. The Labute approximate surface area is 209 Å². The first kappa shape index (κ1) is 28.4. The SMILES string of the molecule is Cc1c(CCCN(CC(C)O)CC(C)O)c2c3c(Cl)cc(=O)[nH]c3ccc2n1CC(F)(F)C(F)(F)F. The highest BCUT2D eigenvalue weighted by Crippen LogP contribution is 2.41. The Hall–Kier alpha value is -2.21. The van der Waals surface area contributed by atoms with Crippen LogP contribution in [0.3, 0.4) is 0 Å². The van der Waals surface area contributed by atoms with Crippen molar-refractivity contribution in [1.82, 2.24) is 14.5 Å². The average Bonchev–Trinajstić information content (AvgIpc) is 2.97. The van der Waals surface area contributed by atoms with Crippen LogP contribution in [0.2, 0.25) is 5.02 Å². The van der Waals surface area contributed by atoms with Gasteiger partial charge in [0.2, 0.25) is 5.56 Å². The molecule has 3 aromatic rings. The van der Waals surface area contributed by atoms with Gasteiger partial charge in [0.05, 0.1) is 29.3 Å². The highest BCUT2D eigenvalue weighted by Gasteiger charge is 2.57. The Balaban J connectivity index is 2.11. The van der Waals surface area contributed by atoms with Crippen LogP contribution >= 0.6 is 11.6 Å². The van der Waals surface area contributed by atoms with E-state index in [2.05, 4.69) is 4.98 Å². The second kappa shape index (κ2) is 10.6. The van der Waals surface area contributed by atoms with E-state index in [-0.39, 0.29) is 16.2 Å². The molecule has 2 atom stereocenters. The van der Waals surface area contributed by atoms with Gasteiger partial charge in [0, 0.05) is 41.1 Å². The number of nitrogens with one attached hydrogen (secondary N) is 1. The third kappa shape index (κ3) is 6.01. The van der Waals surface area contributed by atoms with E-state index >= 15 is 0 Å². The summed E-state index contributed by atoms with van der Waals surface area (Å²) in [6.07, 6.45) is -6.24. The Morgan fingerprint density at radius 1 is 1.08 bits per heavy atom. The van der Waals surface area contributed by atoms with Crippen LogP contribution in [0, 0.1) is 6.92 Å². The molecule has 0 radical (unpaired) electrons. The number of aliphatic hydroxyl groups is 2. The standard InChI is InChI=1S/C24H29ClF5N3O3/c1-13(34)10-32(11-14(2)35)8-4-5-16-15(3)33(12-23(26,27)24(28,29)30)19-7-6-18-22(21(16)19)17(25)9-20(36)31-18/h6-7,9,13-14,34-35H,4-5,8,10-12H2,1-3H3,(H,31,36). The van der Waals surface area contributed by atoms with Gasteiger partial charge in [-0.1, -0.05) is 11.6 Å². The van der Waals surface area contributed by atoms with E-state index in [1.54, 1.807) is 13.8 Å². The number of hydrogen-bond donors (Lipinski definition) is 3. The molecule has 36 heavy (non-hydrogen) atoms. The van der Waals surface area contributed by atoms with Crippen molar-refractivity contribution in [3.63, 3.8) is 0 Å². The molecular formula is C24H29ClF5N3O3. The molecule has 0 aliphatic rings. The van der Waals surface area contributed by atoms with Gasteiger partial charge in [0.1, 0.15) is 0 Å². The zero-order valence-corrected chi connectivity index (χ0v) is 20.9. The zero-order valence-electron chi connectivity index (χ0n) is 20.1. The van der Waals surface area contributed by atoms with Crippen LogP contribution in [0.5, 0.6) is 0 Å². The van der Waals surface area contributed by atoms with Gasteiger partial charge in [-0.2, -0.15) is 22.0 Å². The number of nitrogens with zero attached hydrogens (tertiary/aromatic N) is 2. The van der Waals surface area contributed by atoms with E-state index in [0.717, 1.165) is 10.6 Å². The molecule has 0 aliphatic carbocycles. The van der Waals surface area contributed by atoms with Crippen molar-refractivity contribution in [2.24, 2.45) is 0 Å². The summed E-state index contributed by atoms with van der Waals surface area (Å²) in [5, 5.41) is 20.3. The monoisotopic (exact) mass is 537 g/mol. The highest BCUT2D eigenvalue weighted by atomic mass is 35.5. The van der Waals surface area contributed by atoms with Crippen molar-refractivity contribution in [2.75, 3.05) is 19.6 Å². The van der Waals surface area contributed by atoms with Crippen LogP contribution in [-0.2, 0) is 13.0 Å². The number of fused-ring (bicyclic) bond motifs is 3. The summed E-state index contributed by atoms with van der Waals surface area (Å²) in [6, 6.07) is 3.97. The smallest absolute Gasteiger partial charge is 0.392 e. The Morgan fingerprint density at radius 3 is 2.25 bits per heavy atom. The molecule has 0 fully saturated rings. The number of pyridine rings is 1. The summed E-state index contributed by atoms with van der Waals surface area (Å²) < 4.78 is 68.3. The number of rotatable bonds is 10. The number of aliphatic hydroxyl groups excluding tert-OH is 2. The minimum atomic E-state index is -5.72. The molecule has 2 unspecified atom stereocenters. The minimum absolute atomic E-state index is 0.0603. The molecule has 0 spiro atoms. The number of hydrogen-bond acceptors (Lipinski definition) is 4. The van der Waals surface area contributed by atoms with E-state index in [9.17, 15) is 37.0 Å². The third-order valence-electron chi connectivity index (χ3n) is 6.09. The number of halogens is 6. The lowest BCUT2D eigenvalue weighted by atomic mass is 10.0. The summed E-state index contributed by atoms with van der Waals surface area (Å²) in [7, 11) is 0. The lowest BCUT2D eigenvalue weighted by molar-refractivity contribution is -0.286. The van der Waals surface area contributed by atoms with E-state index in [0.29, 0.717) is 54.3 Å². The zero-order chi connectivity index (χ0) is 27.0. The van der Waals surface area contributed by atoms with Gasteiger partial charge in [0.15, 0.2) is 0 Å². The van der Waals surface area contributed by atoms with Crippen LogP contribution < -0.4 is 5.56 Å². The van der Waals surface area contributed by atoms with Crippen LogP contribution in [0.4, 0.5) is 22.0 Å². The van der Waals surface area contributed by atoms with Gasteiger partial charge in [-0.3, -0.25) is 9.69 Å². The molecule has 3 rings (SSSR count). The Bertz CT molecular complexity index is 1270. The van der Waals surface area contributed by atoms with Crippen LogP contribution in [0.15, 0.2) is 23.0 Å². The van der Waals surface area contributed by atoms with E-state index in [1.807, 2.05) is 4.90 Å². The topological polar surface area (TPSA) is 81.5 Å². The Kier molecular flexibility index (Phi) is 8.39. The highest BCUT2D eigenvalue weighted by molar-refractivity contribution is 6.37. The van der Waals surface area contributed by atoms with E-state index in [1.165, 1.54) is 19.1 Å². The van der Waals surface area contributed by atoms with Crippen molar-refractivity contribution in [3.8, 4) is 0 Å². The normalized spacial score (nSPS) is 14.8. The number of H-pyrrole nitrogens is 1. The molecule has 12 heteroatoms. The minimum Gasteiger partial charge on any atom is -0.392 e. The first-order valence-electron chi connectivity index (χ1n) is 11.5. The van der Waals surface area contributed by atoms with Crippen molar-refractivity contribution >= 4 is 33.4 Å². The van der Waals surface area contributed by atoms with Gasteiger partial charge in [-0.25, -0.2) is 0 Å². The second-order valence-electron chi connectivity index (χ2n) is 9.28. The molecule has 200 valence electrons. The van der Waals surface area contributed by atoms with Crippen molar-refractivity contribution in [3.05, 3.63) is 44.8 Å². The number of aromatic nitrogens is 2. The summed E-state index contributed by atoms with van der Waals surface area (Å²) in [6.45, 7) is 4.16. The van der Waals surface area contributed by atoms with Gasteiger partial charge >= 0.3 is 12.1 Å².